The topological polar surface area (TPSA) is 72.9 Å². The lowest BCUT2D eigenvalue weighted by Gasteiger charge is -2.07. The second kappa shape index (κ2) is 8.09. The number of nitrogen functional groups attached to an aromatic ring is 1. The lowest BCUT2D eigenvalue weighted by molar-refractivity contribution is 0.0943. The molecule has 6 heteroatoms. The van der Waals surface area contributed by atoms with E-state index in [0.29, 0.717) is 30.2 Å². The minimum absolute atomic E-state index is 0.121. The van der Waals surface area contributed by atoms with E-state index in [2.05, 4.69) is 16.7 Å². The standard InChI is InChI=1S/C13H24N4OS/c1-4-17-12(11(14)10(2)16-17)13(18)15-8-6-5-7-9-19-3/h4-9,14H2,1-3H3,(H,15,18). The zero-order valence-electron chi connectivity index (χ0n) is 12.0. The normalized spacial score (nSPS) is 10.7. The molecule has 19 heavy (non-hydrogen) atoms. The minimum Gasteiger partial charge on any atom is -0.395 e. The number of thioether (sulfide) groups is 1. The Bertz CT molecular complexity index is 417. The third-order valence-electron chi connectivity index (χ3n) is 3.00. The lowest BCUT2D eigenvalue weighted by atomic mass is 10.2. The van der Waals surface area contributed by atoms with Crippen LogP contribution in [0.2, 0.25) is 0 Å². The Balaban J connectivity index is 2.45. The number of nitrogens with zero attached hydrogens (tertiary/aromatic N) is 2. The van der Waals surface area contributed by atoms with Gasteiger partial charge in [-0.2, -0.15) is 16.9 Å². The molecule has 0 aliphatic heterocycles. The largest absolute Gasteiger partial charge is 0.395 e. The molecule has 0 radical (unpaired) electrons. The molecule has 1 rings (SSSR count). The molecule has 0 saturated carbocycles. The van der Waals surface area contributed by atoms with Crippen molar-refractivity contribution in [1.29, 1.82) is 0 Å². The molecule has 108 valence electrons. The van der Waals surface area contributed by atoms with Crippen LogP contribution in [0.1, 0.15) is 42.4 Å². The fourth-order valence-corrected chi connectivity index (χ4v) is 2.39. The number of nitrogens with two attached hydrogens (primary N) is 1. The number of aryl methyl sites for hydroxylation is 2. The molecule has 3 N–H and O–H groups in total. The van der Waals surface area contributed by atoms with Crippen LogP contribution in [0.15, 0.2) is 0 Å². The monoisotopic (exact) mass is 284 g/mol. The first-order valence-corrected chi connectivity index (χ1v) is 8.11. The molecule has 1 heterocycles. The van der Waals surface area contributed by atoms with Crippen molar-refractivity contribution in [1.82, 2.24) is 15.1 Å². The second-order valence-corrected chi connectivity index (χ2v) is 5.46. The number of carbonyl (C=O) groups is 1. The van der Waals surface area contributed by atoms with Crippen LogP contribution in [0.25, 0.3) is 0 Å². The maximum Gasteiger partial charge on any atom is 0.271 e. The average Bonchev–Trinajstić information content (AvgIpc) is 2.69. The zero-order valence-corrected chi connectivity index (χ0v) is 12.8. The summed E-state index contributed by atoms with van der Waals surface area (Å²) in [6.07, 6.45) is 5.46. The Labute approximate surface area is 119 Å². The quantitative estimate of drug-likeness (QED) is 0.717. The van der Waals surface area contributed by atoms with Crippen molar-refractivity contribution in [3.63, 3.8) is 0 Å². The van der Waals surface area contributed by atoms with E-state index in [1.54, 1.807) is 4.68 Å². The molecular weight excluding hydrogens is 260 g/mol. The summed E-state index contributed by atoms with van der Waals surface area (Å²) in [5.41, 5.74) is 7.60. The maximum atomic E-state index is 12.1. The smallest absolute Gasteiger partial charge is 0.271 e. The maximum absolute atomic E-state index is 12.1. The molecular formula is C13H24N4OS. The molecule has 0 spiro atoms. The van der Waals surface area contributed by atoms with Gasteiger partial charge in [-0.05, 0) is 38.7 Å². The predicted molar refractivity (Wildman–Crippen MR) is 81.6 cm³/mol. The average molecular weight is 284 g/mol. The SMILES string of the molecule is CCn1nc(C)c(N)c1C(=O)NCCCCCSC. The van der Waals surface area contributed by atoms with Crippen LogP contribution in [0.3, 0.4) is 0 Å². The van der Waals surface area contributed by atoms with Crippen LogP contribution in [0, 0.1) is 6.92 Å². The summed E-state index contributed by atoms with van der Waals surface area (Å²) in [5.74, 6) is 1.06. The Morgan fingerprint density at radius 1 is 1.42 bits per heavy atom. The highest BCUT2D eigenvalue weighted by atomic mass is 32.2. The molecule has 0 unspecified atom stereocenters. The van der Waals surface area contributed by atoms with Crippen LogP contribution in [-0.4, -0.2) is 34.2 Å². The van der Waals surface area contributed by atoms with E-state index in [9.17, 15) is 4.79 Å². The molecule has 0 atom stereocenters. The highest BCUT2D eigenvalue weighted by molar-refractivity contribution is 7.98. The van der Waals surface area contributed by atoms with Crippen LogP contribution in [0.4, 0.5) is 5.69 Å². The van der Waals surface area contributed by atoms with Crippen LogP contribution in [-0.2, 0) is 6.54 Å². The van der Waals surface area contributed by atoms with E-state index in [4.69, 9.17) is 5.73 Å². The summed E-state index contributed by atoms with van der Waals surface area (Å²) in [6.45, 7) is 5.11. The Kier molecular flexibility index (Phi) is 6.77. The van der Waals surface area contributed by atoms with E-state index in [1.165, 1.54) is 12.2 Å². The molecule has 0 aliphatic rings. The molecule has 1 aromatic heterocycles. The third-order valence-corrected chi connectivity index (χ3v) is 3.70. The number of aromatic nitrogens is 2. The summed E-state index contributed by atoms with van der Waals surface area (Å²) in [4.78, 5) is 12.1. The second-order valence-electron chi connectivity index (χ2n) is 4.47. The fourth-order valence-electron chi connectivity index (χ4n) is 1.90. The van der Waals surface area contributed by atoms with E-state index < -0.39 is 0 Å². The number of anilines is 1. The van der Waals surface area contributed by atoms with Gasteiger partial charge in [0.15, 0.2) is 0 Å². The van der Waals surface area contributed by atoms with Gasteiger partial charge in [-0.15, -0.1) is 0 Å². The Morgan fingerprint density at radius 3 is 2.79 bits per heavy atom. The van der Waals surface area contributed by atoms with Gasteiger partial charge in [0.1, 0.15) is 5.69 Å². The first kappa shape index (κ1) is 15.9. The molecule has 1 amide bonds. The van der Waals surface area contributed by atoms with Gasteiger partial charge in [0.05, 0.1) is 11.4 Å². The lowest BCUT2D eigenvalue weighted by Crippen LogP contribution is -2.27. The van der Waals surface area contributed by atoms with Crippen LogP contribution < -0.4 is 11.1 Å². The van der Waals surface area contributed by atoms with Crippen molar-refractivity contribution in [2.24, 2.45) is 0 Å². The third kappa shape index (κ3) is 4.45. The van der Waals surface area contributed by atoms with Crippen molar-refractivity contribution in [3.05, 3.63) is 11.4 Å². The molecule has 0 saturated heterocycles. The summed E-state index contributed by atoms with van der Waals surface area (Å²) in [6, 6.07) is 0. The fraction of sp³-hybridized carbons (Fsp3) is 0.692. The number of carbonyl (C=O) groups excluding carboxylic acids is 1. The van der Waals surface area contributed by atoms with Gasteiger partial charge in [-0.1, -0.05) is 6.42 Å². The van der Waals surface area contributed by atoms with Crippen molar-refractivity contribution < 1.29 is 4.79 Å². The van der Waals surface area contributed by atoms with Crippen molar-refractivity contribution in [2.45, 2.75) is 39.7 Å². The van der Waals surface area contributed by atoms with Gasteiger partial charge in [0.2, 0.25) is 0 Å². The Hall–Kier alpha value is -1.17. The molecule has 0 aliphatic carbocycles. The number of nitrogens with one attached hydrogen (secondary N) is 1. The highest BCUT2D eigenvalue weighted by Crippen LogP contribution is 2.16. The molecule has 0 bridgehead atoms. The van der Waals surface area contributed by atoms with Gasteiger partial charge in [0.25, 0.3) is 5.91 Å². The summed E-state index contributed by atoms with van der Waals surface area (Å²) < 4.78 is 1.66. The van der Waals surface area contributed by atoms with Crippen molar-refractivity contribution >= 4 is 23.4 Å². The van der Waals surface area contributed by atoms with Gasteiger partial charge in [-0.25, -0.2) is 0 Å². The van der Waals surface area contributed by atoms with Crippen LogP contribution in [0.5, 0.6) is 0 Å². The highest BCUT2D eigenvalue weighted by Gasteiger charge is 2.18. The molecule has 1 aromatic rings. The minimum atomic E-state index is -0.121. The number of hydrogen-bond acceptors (Lipinski definition) is 4. The van der Waals surface area contributed by atoms with Crippen LogP contribution >= 0.6 is 11.8 Å². The predicted octanol–water partition coefficient (Wildman–Crippen LogP) is 2.06. The number of rotatable bonds is 8. The van der Waals surface area contributed by atoms with Gasteiger partial charge in [-0.3, -0.25) is 9.48 Å². The summed E-state index contributed by atoms with van der Waals surface area (Å²) in [5, 5.41) is 7.16. The number of unbranched alkanes of at least 4 members (excludes halogenated alkanes) is 2. The van der Waals surface area contributed by atoms with Crippen molar-refractivity contribution in [2.75, 3.05) is 24.3 Å². The van der Waals surface area contributed by atoms with E-state index in [-0.39, 0.29) is 5.91 Å². The van der Waals surface area contributed by atoms with E-state index in [0.717, 1.165) is 12.8 Å². The summed E-state index contributed by atoms with van der Waals surface area (Å²) >= 11 is 1.86. The zero-order chi connectivity index (χ0) is 14.3. The first-order valence-electron chi connectivity index (χ1n) is 6.71. The van der Waals surface area contributed by atoms with Gasteiger partial charge in [0, 0.05) is 13.1 Å². The molecule has 0 fully saturated rings. The summed E-state index contributed by atoms with van der Waals surface area (Å²) in [7, 11) is 0. The van der Waals surface area contributed by atoms with Gasteiger partial charge >= 0.3 is 0 Å². The number of hydrogen-bond donors (Lipinski definition) is 2. The molecule has 0 aromatic carbocycles. The number of amides is 1. The van der Waals surface area contributed by atoms with Crippen molar-refractivity contribution in [3.8, 4) is 0 Å². The van der Waals surface area contributed by atoms with Gasteiger partial charge < -0.3 is 11.1 Å². The van der Waals surface area contributed by atoms with E-state index in [1.807, 2.05) is 25.6 Å². The van der Waals surface area contributed by atoms with E-state index >= 15 is 0 Å². The first-order chi connectivity index (χ1) is 9.11. The molecule has 5 nitrogen and oxygen atoms in total. The Morgan fingerprint density at radius 2 is 2.16 bits per heavy atom.